The molecule has 8 heteroatoms. The summed E-state index contributed by atoms with van der Waals surface area (Å²) in [5.74, 6) is 0.682. The Morgan fingerprint density at radius 1 is 1.13 bits per heavy atom. The van der Waals surface area contributed by atoms with Crippen LogP contribution in [-0.2, 0) is 16.0 Å². The van der Waals surface area contributed by atoms with E-state index in [2.05, 4.69) is 33.2 Å². The number of benzene rings is 2. The molecule has 2 aromatic rings. The Kier molecular flexibility index (Phi) is 6.57. The number of hydrogen-bond acceptors (Lipinski definition) is 4. The molecule has 2 aromatic carbocycles. The Bertz CT molecular complexity index is 1020. The number of hydrogen-bond donors (Lipinski definition) is 2. The fourth-order valence-corrected chi connectivity index (χ4v) is 6.29. The molecule has 3 atom stereocenters. The zero-order chi connectivity index (χ0) is 22.1. The molecule has 4 rings (SSSR count). The van der Waals surface area contributed by atoms with Crippen LogP contribution in [-0.4, -0.2) is 46.3 Å². The highest BCUT2D eigenvalue weighted by atomic mass is 127. The molecule has 1 aliphatic heterocycles. The predicted octanol–water partition coefficient (Wildman–Crippen LogP) is 3.03. The summed E-state index contributed by atoms with van der Waals surface area (Å²) >= 11 is 3.78. The minimum Gasteiger partial charge on any atom is -0.347 e. The van der Waals surface area contributed by atoms with Crippen molar-refractivity contribution in [1.29, 1.82) is 0 Å². The Hall–Kier alpha value is -2.07. The van der Waals surface area contributed by atoms with E-state index in [0.717, 1.165) is 20.3 Å². The summed E-state index contributed by atoms with van der Waals surface area (Å²) in [5.41, 5.74) is 3.76. The van der Waals surface area contributed by atoms with Crippen LogP contribution in [0.1, 0.15) is 40.0 Å². The largest absolute Gasteiger partial charge is 0.347 e. The maximum atomic E-state index is 13.1. The lowest BCUT2D eigenvalue weighted by atomic mass is 10.1. The molecule has 0 spiro atoms. The number of aryl methyl sites for hydroxylation is 1. The van der Waals surface area contributed by atoms with E-state index in [1.807, 2.05) is 49.4 Å². The van der Waals surface area contributed by atoms with Gasteiger partial charge in [0.15, 0.2) is 0 Å². The fraction of sp³-hybridized carbons (Fsp3) is 0.348. The molecule has 6 nitrogen and oxygen atoms in total. The highest BCUT2D eigenvalue weighted by molar-refractivity contribution is 14.1. The number of carbonyl (C=O) groups excluding carboxylic acids is 3. The highest BCUT2D eigenvalue weighted by Crippen LogP contribution is 2.32. The van der Waals surface area contributed by atoms with Gasteiger partial charge in [0.25, 0.3) is 5.91 Å². The van der Waals surface area contributed by atoms with Gasteiger partial charge in [-0.15, -0.1) is 11.8 Å². The van der Waals surface area contributed by atoms with Gasteiger partial charge in [-0.3, -0.25) is 14.4 Å². The molecule has 0 unspecified atom stereocenters. The number of nitrogens with one attached hydrogen (secondary N) is 2. The van der Waals surface area contributed by atoms with Crippen molar-refractivity contribution < 1.29 is 14.4 Å². The van der Waals surface area contributed by atoms with Crippen LogP contribution in [0.2, 0.25) is 0 Å². The molecule has 31 heavy (non-hydrogen) atoms. The van der Waals surface area contributed by atoms with E-state index < -0.39 is 6.04 Å². The number of fused-ring (bicyclic) bond motifs is 1. The summed E-state index contributed by atoms with van der Waals surface area (Å²) < 4.78 is 1.00. The molecule has 2 aliphatic rings. The van der Waals surface area contributed by atoms with Crippen molar-refractivity contribution in [3.8, 4) is 0 Å². The van der Waals surface area contributed by atoms with Crippen LogP contribution in [0.15, 0.2) is 42.5 Å². The van der Waals surface area contributed by atoms with E-state index in [0.29, 0.717) is 23.6 Å². The third kappa shape index (κ3) is 4.74. The van der Waals surface area contributed by atoms with Crippen LogP contribution in [0.25, 0.3) is 0 Å². The molecule has 1 fully saturated rings. The molecule has 1 saturated heterocycles. The summed E-state index contributed by atoms with van der Waals surface area (Å²) in [6.07, 6.45) is 0.644. The molecule has 0 radical (unpaired) electrons. The van der Waals surface area contributed by atoms with Crippen molar-refractivity contribution >= 4 is 52.1 Å². The Morgan fingerprint density at radius 3 is 2.65 bits per heavy atom. The lowest BCUT2D eigenvalue weighted by molar-refractivity contribution is -0.136. The van der Waals surface area contributed by atoms with Gasteiger partial charge >= 0.3 is 0 Å². The first kappa shape index (κ1) is 22.1. The van der Waals surface area contributed by atoms with Crippen molar-refractivity contribution in [2.45, 2.75) is 38.4 Å². The van der Waals surface area contributed by atoms with Gasteiger partial charge in [-0.1, -0.05) is 24.3 Å². The van der Waals surface area contributed by atoms with E-state index in [4.69, 9.17) is 0 Å². The van der Waals surface area contributed by atoms with Gasteiger partial charge in [-0.25, -0.2) is 0 Å². The standard InChI is InChI=1S/C23H24IN3O3S/c1-13-7-16(9-17(24)8-13)22(29)25-19-10-15-5-3-4-6-18(15)21(19)26-23(30)20-11-31-12-27(20)14(2)28/h3-9,19-21H,10-12H2,1-2H3,(H,25,29)(H,26,30)/t19-,20+,21-/m1/s1. The van der Waals surface area contributed by atoms with Crippen molar-refractivity contribution in [1.82, 2.24) is 15.5 Å². The monoisotopic (exact) mass is 549 g/mol. The molecule has 0 saturated carbocycles. The number of amides is 3. The van der Waals surface area contributed by atoms with E-state index in [9.17, 15) is 14.4 Å². The van der Waals surface area contributed by atoms with Gasteiger partial charge in [0, 0.05) is 21.8 Å². The van der Waals surface area contributed by atoms with Crippen LogP contribution in [0, 0.1) is 10.5 Å². The van der Waals surface area contributed by atoms with Crippen LogP contribution in [0.5, 0.6) is 0 Å². The topological polar surface area (TPSA) is 78.5 Å². The summed E-state index contributed by atoms with van der Waals surface area (Å²) in [6, 6.07) is 12.6. The van der Waals surface area contributed by atoms with Gasteiger partial charge in [0.1, 0.15) is 6.04 Å². The second-order valence-electron chi connectivity index (χ2n) is 7.99. The minimum absolute atomic E-state index is 0.101. The van der Waals surface area contributed by atoms with E-state index in [-0.39, 0.29) is 29.8 Å². The fourth-order valence-electron chi connectivity index (χ4n) is 4.25. The molecule has 162 valence electrons. The highest BCUT2D eigenvalue weighted by Gasteiger charge is 2.39. The number of nitrogens with zero attached hydrogens (tertiary/aromatic N) is 1. The average Bonchev–Trinajstić information content (AvgIpc) is 3.33. The molecule has 3 amide bonds. The molecule has 1 heterocycles. The average molecular weight is 549 g/mol. The molecule has 0 bridgehead atoms. The van der Waals surface area contributed by atoms with Crippen LogP contribution >= 0.6 is 34.4 Å². The number of thioether (sulfide) groups is 1. The summed E-state index contributed by atoms with van der Waals surface area (Å²) in [6.45, 7) is 3.46. The zero-order valence-electron chi connectivity index (χ0n) is 17.4. The molecule has 1 aliphatic carbocycles. The second kappa shape index (κ2) is 9.20. The first-order valence-electron chi connectivity index (χ1n) is 10.1. The quantitative estimate of drug-likeness (QED) is 0.575. The van der Waals surface area contributed by atoms with Crippen LogP contribution in [0.3, 0.4) is 0 Å². The SMILES string of the molecule is CC(=O)N1CSC[C@H]1C(=O)N[C@@H]1c2ccccc2C[C@H]1NC(=O)c1cc(C)cc(I)c1. The van der Waals surface area contributed by atoms with Gasteiger partial charge in [0.05, 0.1) is 18.0 Å². The number of carbonyl (C=O) groups is 3. The molecule has 0 aromatic heterocycles. The number of rotatable bonds is 4. The summed E-state index contributed by atoms with van der Waals surface area (Å²) in [7, 11) is 0. The van der Waals surface area contributed by atoms with Crippen molar-refractivity contribution in [2.75, 3.05) is 11.6 Å². The molecule has 2 N–H and O–H groups in total. The van der Waals surface area contributed by atoms with Crippen molar-refractivity contribution in [3.05, 3.63) is 68.3 Å². The zero-order valence-corrected chi connectivity index (χ0v) is 20.3. The Morgan fingerprint density at radius 2 is 1.90 bits per heavy atom. The van der Waals surface area contributed by atoms with E-state index in [1.165, 1.54) is 6.92 Å². The van der Waals surface area contributed by atoms with Gasteiger partial charge in [-0.2, -0.15) is 0 Å². The predicted molar refractivity (Wildman–Crippen MR) is 130 cm³/mol. The third-order valence-corrected chi connectivity index (χ3v) is 7.38. The Labute approximate surface area is 199 Å². The van der Waals surface area contributed by atoms with E-state index >= 15 is 0 Å². The third-order valence-electron chi connectivity index (χ3n) is 5.74. The molecular formula is C23H24IN3O3S. The Balaban J connectivity index is 1.55. The van der Waals surface area contributed by atoms with Gasteiger partial charge in [-0.05, 0) is 70.8 Å². The first-order valence-corrected chi connectivity index (χ1v) is 12.4. The molecular weight excluding hydrogens is 525 g/mol. The van der Waals surface area contributed by atoms with Crippen LogP contribution < -0.4 is 10.6 Å². The second-order valence-corrected chi connectivity index (χ2v) is 10.2. The number of halogens is 1. The van der Waals surface area contributed by atoms with Gasteiger partial charge < -0.3 is 15.5 Å². The van der Waals surface area contributed by atoms with E-state index in [1.54, 1.807) is 16.7 Å². The smallest absolute Gasteiger partial charge is 0.251 e. The maximum Gasteiger partial charge on any atom is 0.251 e. The van der Waals surface area contributed by atoms with Crippen molar-refractivity contribution in [3.63, 3.8) is 0 Å². The maximum absolute atomic E-state index is 13.1. The minimum atomic E-state index is -0.482. The normalized spacial score (nSPS) is 22.2. The van der Waals surface area contributed by atoms with Crippen LogP contribution in [0.4, 0.5) is 0 Å². The summed E-state index contributed by atoms with van der Waals surface area (Å²) in [4.78, 5) is 39.6. The lowest BCUT2D eigenvalue weighted by Gasteiger charge is -2.27. The summed E-state index contributed by atoms with van der Waals surface area (Å²) in [5, 5.41) is 6.26. The first-order chi connectivity index (χ1) is 14.8. The lowest BCUT2D eigenvalue weighted by Crippen LogP contribution is -2.51. The van der Waals surface area contributed by atoms with Gasteiger partial charge in [0.2, 0.25) is 11.8 Å². The van der Waals surface area contributed by atoms with Crippen molar-refractivity contribution in [2.24, 2.45) is 0 Å².